The number of carbonyl (C=O) groups excluding carboxylic acids is 2. The van der Waals surface area contributed by atoms with E-state index in [2.05, 4.69) is 5.32 Å². The van der Waals surface area contributed by atoms with Crippen molar-refractivity contribution >= 4 is 11.8 Å². The lowest BCUT2D eigenvalue weighted by molar-refractivity contribution is -0.141. The fourth-order valence-corrected chi connectivity index (χ4v) is 4.88. The van der Waals surface area contributed by atoms with Crippen LogP contribution in [0.5, 0.6) is 5.75 Å². The Labute approximate surface area is 198 Å². The lowest BCUT2D eigenvalue weighted by Gasteiger charge is -2.39. The Balaban J connectivity index is 1.80. The van der Waals surface area contributed by atoms with Crippen molar-refractivity contribution in [3.63, 3.8) is 0 Å². The van der Waals surface area contributed by atoms with Crippen LogP contribution in [-0.4, -0.2) is 39.2 Å². The molecular weight excluding hydrogens is 437 g/mol. The Hall–Kier alpha value is -3.45. The van der Waals surface area contributed by atoms with Crippen molar-refractivity contribution < 1.29 is 28.2 Å². The maximum absolute atomic E-state index is 15.0. The molecule has 6 nitrogen and oxygen atoms in total. The Bertz CT molecular complexity index is 1160. The van der Waals surface area contributed by atoms with Crippen molar-refractivity contribution in [2.45, 2.75) is 25.2 Å². The number of para-hydroxylation sites is 1. The summed E-state index contributed by atoms with van der Waals surface area (Å²) in [5.74, 6) is -2.16. The summed E-state index contributed by atoms with van der Waals surface area (Å²) in [4.78, 5) is 26.7. The molecule has 0 saturated heterocycles. The molecular formula is C27H28FNO5. The van der Waals surface area contributed by atoms with Crippen LogP contribution in [0.4, 0.5) is 4.39 Å². The highest BCUT2D eigenvalue weighted by atomic mass is 19.1. The minimum Gasteiger partial charge on any atom is -0.496 e. The van der Waals surface area contributed by atoms with Gasteiger partial charge in [0, 0.05) is 42.3 Å². The third-order valence-electron chi connectivity index (χ3n) is 6.38. The van der Waals surface area contributed by atoms with E-state index in [1.807, 2.05) is 30.3 Å². The zero-order valence-electron chi connectivity index (χ0n) is 19.5. The van der Waals surface area contributed by atoms with Crippen molar-refractivity contribution in [1.82, 2.24) is 5.32 Å². The second-order valence-corrected chi connectivity index (χ2v) is 8.41. The van der Waals surface area contributed by atoms with Crippen LogP contribution in [-0.2, 0) is 19.1 Å². The Morgan fingerprint density at radius 2 is 1.74 bits per heavy atom. The van der Waals surface area contributed by atoms with Gasteiger partial charge in [0.1, 0.15) is 24.0 Å². The van der Waals surface area contributed by atoms with Gasteiger partial charge in [-0.3, -0.25) is 4.79 Å². The molecule has 3 unspecified atom stereocenters. The summed E-state index contributed by atoms with van der Waals surface area (Å²) < 4.78 is 30.9. The lowest BCUT2D eigenvalue weighted by atomic mass is 9.68. The van der Waals surface area contributed by atoms with E-state index in [9.17, 15) is 9.59 Å². The molecule has 0 amide bonds. The third-order valence-corrected chi connectivity index (χ3v) is 6.38. The van der Waals surface area contributed by atoms with Crippen LogP contribution in [0.2, 0.25) is 0 Å². The summed E-state index contributed by atoms with van der Waals surface area (Å²) in [5, 5.41) is 3.25. The number of methoxy groups -OCH3 is 2. The number of benzene rings is 2. The first-order valence-corrected chi connectivity index (χ1v) is 11.2. The van der Waals surface area contributed by atoms with Gasteiger partial charge in [0.25, 0.3) is 0 Å². The van der Waals surface area contributed by atoms with Crippen molar-refractivity contribution in [3.05, 3.63) is 88.5 Å². The molecule has 3 atom stereocenters. The van der Waals surface area contributed by atoms with Crippen LogP contribution in [0, 0.1) is 11.7 Å². The Morgan fingerprint density at radius 3 is 2.44 bits per heavy atom. The molecule has 2 aliphatic rings. The highest BCUT2D eigenvalue weighted by Crippen LogP contribution is 2.47. The van der Waals surface area contributed by atoms with E-state index in [1.165, 1.54) is 13.2 Å². The average molecular weight is 466 g/mol. The van der Waals surface area contributed by atoms with E-state index in [1.54, 1.807) is 32.2 Å². The molecule has 178 valence electrons. The summed E-state index contributed by atoms with van der Waals surface area (Å²) >= 11 is 0. The number of nitrogens with one attached hydrogen (secondary N) is 1. The monoisotopic (exact) mass is 465 g/mol. The van der Waals surface area contributed by atoms with E-state index >= 15 is 4.39 Å². The molecule has 4 rings (SSSR count). The van der Waals surface area contributed by atoms with E-state index in [-0.39, 0.29) is 36.9 Å². The Kier molecular flexibility index (Phi) is 7.12. The maximum atomic E-state index is 15.0. The fourth-order valence-electron chi connectivity index (χ4n) is 4.88. The first-order valence-electron chi connectivity index (χ1n) is 11.2. The molecule has 1 N–H and O–H groups in total. The number of Topliss-reactive ketones (excluding diaryl/α,β-unsaturated/α-hetero) is 1. The van der Waals surface area contributed by atoms with Crippen LogP contribution in [0.1, 0.15) is 36.3 Å². The predicted octanol–water partition coefficient (Wildman–Crippen LogP) is 4.24. The van der Waals surface area contributed by atoms with Gasteiger partial charge in [-0.1, -0.05) is 42.5 Å². The smallest absolute Gasteiger partial charge is 0.336 e. The number of hydrogen-bond acceptors (Lipinski definition) is 6. The quantitative estimate of drug-likeness (QED) is 0.487. The number of rotatable bonds is 7. The zero-order chi connectivity index (χ0) is 24.2. The first-order chi connectivity index (χ1) is 16.5. The molecule has 0 aromatic heterocycles. The molecule has 0 radical (unpaired) electrons. The number of allylic oxidation sites excluding steroid dienone is 3. The summed E-state index contributed by atoms with van der Waals surface area (Å²) in [6.07, 6.45) is 2.21. The largest absolute Gasteiger partial charge is 0.496 e. The number of ketones is 1. The second-order valence-electron chi connectivity index (χ2n) is 8.41. The van der Waals surface area contributed by atoms with Crippen LogP contribution in [0.25, 0.3) is 0 Å². The van der Waals surface area contributed by atoms with Gasteiger partial charge in [-0.15, -0.1) is 0 Å². The van der Waals surface area contributed by atoms with Crippen LogP contribution in [0.15, 0.2) is 71.6 Å². The molecule has 2 aromatic rings. The standard InChI is InChI=1S/C27H28FNO5/c1-16-24(27(31)34-13-12-32-2)25(19-9-4-6-10-20(19)28)26-21(29-16)14-17(15-22(26)30)18-8-5-7-11-23(18)33-3/h4-11,14,17,25-26,29H,12-13,15H2,1-3H3. The van der Waals surface area contributed by atoms with Gasteiger partial charge in [-0.05, 0) is 24.6 Å². The highest BCUT2D eigenvalue weighted by Gasteiger charge is 2.46. The summed E-state index contributed by atoms with van der Waals surface area (Å²) in [6.45, 7) is 2.05. The first kappa shape index (κ1) is 23.7. The molecule has 0 bridgehead atoms. The van der Waals surface area contributed by atoms with Gasteiger partial charge in [0.15, 0.2) is 0 Å². The van der Waals surface area contributed by atoms with Crippen molar-refractivity contribution in [2.24, 2.45) is 5.92 Å². The van der Waals surface area contributed by atoms with Crippen LogP contribution in [0.3, 0.4) is 0 Å². The summed E-state index contributed by atoms with van der Waals surface area (Å²) in [6, 6.07) is 13.8. The zero-order valence-corrected chi connectivity index (χ0v) is 19.5. The van der Waals surface area contributed by atoms with E-state index < -0.39 is 23.6 Å². The number of hydrogen-bond donors (Lipinski definition) is 1. The highest BCUT2D eigenvalue weighted by molar-refractivity contribution is 5.96. The minimum atomic E-state index is -0.796. The normalized spacial score (nSPS) is 21.9. The lowest BCUT2D eigenvalue weighted by Crippen LogP contribution is -2.42. The summed E-state index contributed by atoms with van der Waals surface area (Å²) in [7, 11) is 3.11. The SMILES string of the molecule is COCCOC(=O)C1=C(C)NC2=CC(c3ccccc3OC)CC(=O)C2C1c1ccccc1F. The minimum absolute atomic E-state index is 0.0628. The molecule has 1 aliphatic heterocycles. The molecule has 0 saturated carbocycles. The van der Waals surface area contributed by atoms with Gasteiger partial charge >= 0.3 is 5.97 Å². The van der Waals surface area contributed by atoms with Gasteiger partial charge in [-0.2, -0.15) is 0 Å². The maximum Gasteiger partial charge on any atom is 0.336 e. The van der Waals surface area contributed by atoms with Gasteiger partial charge in [-0.25, -0.2) is 9.18 Å². The van der Waals surface area contributed by atoms with Gasteiger partial charge < -0.3 is 19.5 Å². The van der Waals surface area contributed by atoms with Crippen LogP contribution >= 0.6 is 0 Å². The van der Waals surface area contributed by atoms with Crippen molar-refractivity contribution in [2.75, 3.05) is 27.4 Å². The average Bonchev–Trinajstić information content (AvgIpc) is 2.83. The number of esters is 1. The molecule has 0 fully saturated rings. The summed E-state index contributed by atoms with van der Waals surface area (Å²) in [5.41, 5.74) is 2.65. The van der Waals surface area contributed by atoms with E-state index in [0.717, 1.165) is 5.56 Å². The molecule has 2 aromatic carbocycles. The number of carbonyl (C=O) groups is 2. The van der Waals surface area contributed by atoms with Gasteiger partial charge in [0.05, 0.1) is 25.2 Å². The van der Waals surface area contributed by atoms with E-state index in [0.29, 0.717) is 22.7 Å². The molecule has 34 heavy (non-hydrogen) atoms. The number of halogens is 1. The topological polar surface area (TPSA) is 73.9 Å². The predicted molar refractivity (Wildman–Crippen MR) is 125 cm³/mol. The molecule has 0 spiro atoms. The molecule has 1 heterocycles. The number of ether oxygens (including phenoxy) is 3. The van der Waals surface area contributed by atoms with Crippen molar-refractivity contribution in [1.29, 1.82) is 0 Å². The third kappa shape index (κ3) is 4.48. The molecule has 7 heteroatoms. The second kappa shape index (κ2) is 10.2. The molecule has 1 aliphatic carbocycles. The van der Waals surface area contributed by atoms with Gasteiger partial charge in [0.2, 0.25) is 0 Å². The Morgan fingerprint density at radius 1 is 1.03 bits per heavy atom. The van der Waals surface area contributed by atoms with Crippen molar-refractivity contribution in [3.8, 4) is 5.75 Å². The number of fused-ring (bicyclic) bond motifs is 1. The van der Waals surface area contributed by atoms with Crippen LogP contribution < -0.4 is 10.1 Å². The van der Waals surface area contributed by atoms with E-state index in [4.69, 9.17) is 14.2 Å². The fraction of sp³-hybridized carbons (Fsp3) is 0.333.